The van der Waals surface area contributed by atoms with E-state index in [1.165, 1.54) is 28.4 Å². The Balaban J connectivity index is 1.73. The van der Waals surface area contributed by atoms with Gasteiger partial charge in [-0.15, -0.1) is 0 Å². The first-order chi connectivity index (χ1) is 18.1. The Kier molecular flexibility index (Phi) is 10.5. The van der Waals surface area contributed by atoms with Gasteiger partial charge in [-0.05, 0) is 56.0 Å². The predicted octanol–water partition coefficient (Wildman–Crippen LogP) is 4.25. The van der Waals surface area contributed by atoms with Crippen LogP contribution in [0, 0.1) is 5.82 Å². The molecular weight excluding hydrogens is 509 g/mol. The number of anilines is 1. The smallest absolute Gasteiger partial charge is 0.242 e. The maximum absolute atomic E-state index is 13.5. The van der Waals surface area contributed by atoms with Crippen LogP contribution in [0.2, 0.25) is 0 Å². The van der Waals surface area contributed by atoms with E-state index in [0.29, 0.717) is 17.0 Å². The summed E-state index contributed by atoms with van der Waals surface area (Å²) < 4.78 is 45.1. The number of nitrogens with one attached hydrogen (secondary N) is 1. The molecule has 0 radical (unpaired) electrons. The molecule has 1 saturated carbocycles. The third-order valence-corrected chi connectivity index (χ3v) is 8.07. The van der Waals surface area contributed by atoms with E-state index in [4.69, 9.17) is 4.74 Å². The minimum atomic E-state index is -3.64. The Hall–Kier alpha value is -3.14. The fourth-order valence-corrected chi connectivity index (χ4v) is 5.72. The summed E-state index contributed by atoms with van der Waals surface area (Å²) in [5.41, 5.74) is 1.09. The number of ether oxygens (including phenoxy) is 1. The van der Waals surface area contributed by atoms with Crippen LogP contribution in [0.25, 0.3) is 0 Å². The molecule has 0 bridgehead atoms. The molecule has 1 aliphatic carbocycles. The monoisotopic (exact) mass is 547 g/mol. The number of methoxy groups -OCH3 is 1. The van der Waals surface area contributed by atoms with Crippen molar-refractivity contribution >= 4 is 27.5 Å². The topological polar surface area (TPSA) is 96.0 Å². The number of halogens is 1. The molecule has 0 unspecified atom stereocenters. The van der Waals surface area contributed by atoms with Gasteiger partial charge in [0.2, 0.25) is 21.8 Å². The van der Waals surface area contributed by atoms with Crippen LogP contribution in [0.4, 0.5) is 10.1 Å². The van der Waals surface area contributed by atoms with E-state index in [1.54, 1.807) is 43.3 Å². The van der Waals surface area contributed by atoms with Gasteiger partial charge in [0.15, 0.2) is 0 Å². The maximum Gasteiger partial charge on any atom is 0.242 e. The number of amides is 2. The van der Waals surface area contributed by atoms with Crippen molar-refractivity contribution in [2.45, 2.75) is 70.5 Å². The van der Waals surface area contributed by atoms with Gasteiger partial charge in [0.1, 0.15) is 17.6 Å². The fourth-order valence-electron chi connectivity index (χ4n) is 4.76. The molecule has 1 aliphatic rings. The number of para-hydroxylation sites is 2. The number of hydrogen-bond donors (Lipinski definition) is 1. The van der Waals surface area contributed by atoms with E-state index in [0.717, 1.165) is 38.4 Å². The Bertz CT molecular complexity index is 1180. The molecular formula is C28H38FN3O5S. The SMILES string of the molecule is COc1ccccc1N(CCCC(=O)N(Cc1ccc(F)cc1)[C@H](C)C(=O)NC1CCCCC1)S(C)(=O)=O. The number of sulfonamides is 1. The first-order valence-electron chi connectivity index (χ1n) is 13.0. The Morgan fingerprint density at radius 3 is 2.37 bits per heavy atom. The third kappa shape index (κ3) is 8.18. The summed E-state index contributed by atoms with van der Waals surface area (Å²) in [4.78, 5) is 28.0. The van der Waals surface area contributed by atoms with Gasteiger partial charge < -0.3 is 15.0 Å². The average molecular weight is 548 g/mol. The van der Waals surface area contributed by atoms with E-state index < -0.39 is 16.1 Å². The molecule has 0 aromatic heterocycles. The van der Waals surface area contributed by atoms with Crippen LogP contribution in [0.1, 0.15) is 57.4 Å². The summed E-state index contributed by atoms with van der Waals surface area (Å²) in [5, 5.41) is 3.08. The second-order valence-electron chi connectivity index (χ2n) is 9.78. The van der Waals surface area contributed by atoms with Gasteiger partial charge in [-0.3, -0.25) is 13.9 Å². The van der Waals surface area contributed by atoms with Gasteiger partial charge in [0.25, 0.3) is 0 Å². The zero-order chi connectivity index (χ0) is 27.7. The molecule has 3 rings (SSSR count). The highest BCUT2D eigenvalue weighted by Gasteiger charge is 2.28. The van der Waals surface area contributed by atoms with E-state index in [2.05, 4.69) is 5.32 Å². The van der Waals surface area contributed by atoms with E-state index in [-0.39, 0.29) is 49.6 Å². The predicted molar refractivity (Wildman–Crippen MR) is 146 cm³/mol. The van der Waals surface area contributed by atoms with Crippen LogP contribution in [0.3, 0.4) is 0 Å². The normalized spacial score (nSPS) is 14.9. The van der Waals surface area contributed by atoms with Crippen LogP contribution in [0.15, 0.2) is 48.5 Å². The number of nitrogens with zero attached hydrogens (tertiary/aromatic N) is 2. The first kappa shape index (κ1) is 29.4. The summed E-state index contributed by atoms with van der Waals surface area (Å²) in [7, 11) is -2.17. The number of carbonyl (C=O) groups is 2. The standard InChI is InChI=1S/C28H38FN3O5S/c1-21(28(34)30-24-10-5-4-6-11-24)31(20-22-15-17-23(29)18-16-22)27(33)14-9-19-32(38(3,35)36)25-12-7-8-13-26(25)37-2/h7-8,12-13,15-18,21,24H,4-6,9-11,14,19-20H2,1-3H3,(H,30,34)/t21-/m1/s1. The van der Waals surface area contributed by atoms with Crippen molar-refractivity contribution in [3.8, 4) is 5.75 Å². The summed E-state index contributed by atoms with van der Waals surface area (Å²) in [6.07, 6.45) is 6.53. The molecule has 10 heteroatoms. The zero-order valence-corrected chi connectivity index (χ0v) is 23.2. The zero-order valence-electron chi connectivity index (χ0n) is 22.4. The molecule has 208 valence electrons. The maximum atomic E-state index is 13.5. The van der Waals surface area contributed by atoms with Gasteiger partial charge in [-0.1, -0.05) is 43.5 Å². The van der Waals surface area contributed by atoms with Crippen molar-refractivity contribution < 1.29 is 27.1 Å². The van der Waals surface area contributed by atoms with Crippen LogP contribution < -0.4 is 14.4 Å². The van der Waals surface area contributed by atoms with Crippen molar-refractivity contribution in [3.05, 3.63) is 59.9 Å². The van der Waals surface area contributed by atoms with E-state index in [9.17, 15) is 22.4 Å². The number of rotatable bonds is 12. The summed E-state index contributed by atoms with van der Waals surface area (Å²) in [6.45, 7) is 1.90. The lowest BCUT2D eigenvalue weighted by atomic mass is 9.95. The Morgan fingerprint density at radius 2 is 1.74 bits per heavy atom. The molecule has 38 heavy (non-hydrogen) atoms. The van der Waals surface area contributed by atoms with Crippen LogP contribution in [-0.2, 0) is 26.2 Å². The van der Waals surface area contributed by atoms with Crippen molar-refractivity contribution in [2.75, 3.05) is 24.2 Å². The number of benzene rings is 2. The lowest BCUT2D eigenvalue weighted by Gasteiger charge is -2.31. The van der Waals surface area contributed by atoms with Crippen LogP contribution >= 0.6 is 0 Å². The third-order valence-electron chi connectivity index (χ3n) is 6.89. The highest BCUT2D eigenvalue weighted by molar-refractivity contribution is 7.92. The van der Waals surface area contributed by atoms with Crippen molar-refractivity contribution in [2.24, 2.45) is 0 Å². The van der Waals surface area contributed by atoms with Gasteiger partial charge in [-0.25, -0.2) is 12.8 Å². The summed E-state index contributed by atoms with van der Waals surface area (Å²) >= 11 is 0. The lowest BCUT2D eigenvalue weighted by Crippen LogP contribution is -2.50. The van der Waals surface area contributed by atoms with Gasteiger partial charge in [-0.2, -0.15) is 0 Å². The molecule has 0 saturated heterocycles. The van der Waals surface area contributed by atoms with Gasteiger partial charge in [0, 0.05) is 25.6 Å². The molecule has 1 atom stereocenters. The summed E-state index contributed by atoms with van der Waals surface area (Å²) in [5.74, 6) is -0.477. The number of carbonyl (C=O) groups excluding carboxylic acids is 2. The Morgan fingerprint density at radius 1 is 1.08 bits per heavy atom. The minimum absolute atomic E-state index is 0.0312. The molecule has 2 aromatic carbocycles. The van der Waals surface area contributed by atoms with Crippen molar-refractivity contribution in [1.82, 2.24) is 10.2 Å². The van der Waals surface area contributed by atoms with Crippen LogP contribution in [-0.4, -0.2) is 57.1 Å². The molecule has 1 fully saturated rings. The van der Waals surface area contributed by atoms with Crippen molar-refractivity contribution in [1.29, 1.82) is 0 Å². The number of hydrogen-bond acceptors (Lipinski definition) is 5. The quantitative estimate of drug-likeness (QED) is 0.429. The molecule has 2 amide bonds. The molecule has 2 aromatic rings. The van der Waals surface area contributed by atoms with E-state index in [1.807, 2.05) is 0 Å². The highest BCUT2D eigenvalue weighted by atomic mass is 32.2. The molecule has 0 spiro atoms. The largest absolute Gasteiger partial charge is 0.495 e. The second kappa shape index (κ2) is 13.6. The molecule has 8 nitrogen and oxygen atoms in total. The summed E-state index contributed by atoms with van der Waals surface area (Å²) in [6, 6.07) is 12.0. The highest BCUT2D eigenvalue weighted by Crippen LogP contribution is 2.30. The molecule has 1 N–H and O–H groups in total. The van der Waals surface area contributed by atoms with Gasteiger partial charge >= 0.3 is 0 Å². The Labute approximate surface area is 225 Å². The average Bonchev–Trinajstić information content (AvgIpc) is 2.90. The molecule has 0 heterocycles. The van der Waals surface area contributed by atoms with Crippen molar-refractivity contribution in [3.63, 3.8) is 0 Å². The van der Waals surface area contributed by atoms with Crippen LogP contribution in [0.5, 0.6) is 5.75 Å². The first-order valence-corrected chi connectivity index (χ1v) is 14.9. The van der Waals surface area contributed by atoms with Gasteiger partial charge in [0.05, 0.1) is 19.1 Å². The second-order valence-corrected chi connectivity index (χ2v) is 11.7. The fraction of sp³-hybridized carbons (Fsp3) is 0.500. The molecule has 0 aliphatic heterocycles. The lowest BCUT2D eigenvalue weighted by molar-refractivity contribution is -0.141. The van der Waals surface area contributed by atoms with E-state index >= 15 is 0 Å². The minimum Gasteiger partial charge on any atom is -0.495 e.